The van der Waals surface area contributed by atoms with Gasteiger partial charge < -0.3 is 19.9 Å². The van der Waals surface area contributed by atoms with Gasteiger partial charge >= 0.3 is 0 Å². The fourth-order valence-corrected chi connectivity index (χ4v) is 3.36. The van der Waals surface area contributed by atoms with E-state index in [1.165, 1.54) is 11.0 Å². The van der Waals surface area contributed by atoms with Crippen molar-refractivity contribution in [3.05, 3.63) is 52.7 Å². The predicted molar refractivity (Wildman–Crippen MR) is 109 cm³/mol. The maximum Gasteiger partial charge on any atom is 0.246 e. The van der Waals surface area contributed by atoms with E-state index in [1.54, 1.807) is 24.5 Å². The number of hydrogen-bond donors (Lipinski definition) is 1. The summed E-state index contributed by atoms with van der Waals surface area (Å²) in [4.78, 5) is 28.9. The highest BCUT2D eigenvalue weighted by molar-refractivity contribution is 7.10. The summed E-state index contributed by atoms with van der Waals surface area (Å²) in [5, 5.41) is 4.78. The lowest BCUT2D eigenvalue weighted by molar-refractivity contribution is -0.129. The van der Waals surface area contributed by atoms with Crippen LogP contribution in [0.25, 0.3) is 6.08 Å². The fraction of sp³-hybridized carbons (Fsp3) is 0.300. The Morgan fingerprint density at radius 1 is 1.22 bits per heavy atom. The van der Waals surface area contributed by atoms with Crippen molar-refractivity contribution in [2.45, 2.75) is 0 Å². The Labute approximate surface area is 163 Å². The van der Waals surface area contributed by atoms with Gasteiger partial charge in [-0.25, -0.2) is 0 Å². The SMILES string of the molecule is CN(CC(=O)Nc1ccc(N2CCOCC2)cc1)C(=O)/C=C/c1cccs1. The predicted octanol–water partition coefficient (Wildman–Crippen LogP) is 2.70. The zero-order valence-corrected chi connectivity index (χ0v) is 16.1. The minimum absolute atomic E-state index is 0.00116. The van der Waals surface area contributed by atoms with Crippen LogP contribution in [0.15, 0.2) is 47.9 Å². The van der Waals surface area contributed by atoms with Crippen molar-refractivity contribution >= 4 is 40.6 Å². The van der Waals surface area contributed by atoms with E-state index < -0.39 is 0 Å². The third-order valence-electron chi connectivity index (χ3n) is 4.22. The van der Waals surface area contributed by atoms with E-state index >= 15 is 0 Å². The summed E-state index contributed by atoms with van der Waals surface area (Å²) < 4.78 is 5.36. The molecular weight excluding hydrogens is 362 g/mol. The second kappa shape index (κ2) is 9.34. The zero-order valence-electron chi connectivity index (χ0n) is 15.3. The monoisotopic (exact) mass is 385 g/mol. The van der Waals surface area contributed by atoms with Gasteiger partial charge in [-0.15, -0.1) is 11.3 Å². The molecule has 1 aromatic heterocycles. The van der Waals surface area contributed by atoms with Crippen molar-refractivity contribution in [2.24, 2.45) is 0 Å². The van der Waals surface area contributed by atoms with Gasteiger partial charge in [-0.3, -0.25) is 9.59 Å². The normalized spacial score (nSPS) is 14.3. The molecule has 3 rings (SSSR count). The standard InChI is InChI=1S/C20H23N3O3S/c1-22(20(25)9-8-18-3-2-14-27-18)15-19(24)21-16-4-6-17(7-5-16)23-10-12-26-13-11-23/h2-9,14H,10-13,15H2,1H3,(H,21,24)/b9-8+. The number of thiophene rings is 1. The van der Waals surface area contributed by atoms with Crippen molar-refractivity contribution in [2.75, 3.05) is 50.1 Å². The number of benzene rings is 1. The molecule has 1 saturated heterocycles. The molecule has 2 heterocycles. The second-order valence-corrected chi connectivity index (χ2v) is 7.22. The number of rotatable bonds is 6. The Hall–Kier alpha value is -2.64. The highest BCUT2D eigenvalue weighted by atomic mass is 32.1. The molecule has 6 nitrogen and oxygen atoms in total. The van der Waals surface area contributed by atoms with Crippen LogP contribution in [0.5, 0.6) is 0 Å². The highest BCUT2D eigenvalue weighted by Gasteiger charge is 2.13. The van der Waals surface area contributed by atoms with E-state index in [4.69, 9.17) is 4.74 Å². The largest absolute Gasteiger partial charge is 0.378 e. The molecular formula is C20H23N3O3S. The number of morpholine rings is 1. The molecule has 27 heavy (non-hydrogen) atoms. The van der Waals surface area contributed by atoms with Crippen molar-refractivity contribution in [3.8, 4) is 0 Å². The first kappa shape index (κ1) is 19.1. The number of hydrogen-bond acceptors (Lipinski definition) is 5. The number of ether oxygens (including phenoxy) is 1. The average molecular weight is 385 g/mol. The first-order valence-electron chi connectivity index (χ1n) is 8.81. The van der Waals surface area contributed by atoms with Gasteiger partial charge in [0.05, 0.1) is 19.8 Å². The number of nitrogens with zero attached hydrogens (tertiary/aromatic N) is 2. The maximum atomic E-state index is 12.2. The summed E-state index contributed by atoms with van der Waals surface area (Å²) in [6.07, 6.45) is 3.24. The maximum absolute atomic E-state index is 12.2. The molecule has 1 aliphatic rings. The Morgan fingerprint density at radius 3 is 2.63 bits per heavy atom. The Bertz CT molecular complexity index is 781. The molecule has 142 valence electrons. The van der Waals surface area contributed by atoms with Crippen LogP contribution in [-0.4, -0.2) is 56.6 Å². The molecule has 1 aromatic carbocycles. The van der Waals surface area contributed by atoms with Gasteiger partial charge in [0.1, 0.15) is 0 Å². The molecule has 2 amide bonds. The van der Waals surface area contributed by atoms with Crippen LogP contribution in [0.2, 0.25) is 0 Å². The summed E-state index contributed by atoms with van der Waals surface area (Å²) in [7, 11) is 1.61. The Kier molecular flexibility index (Phi) is 6.62. The number of amides is 2. The Balaban J connectivity index is 1.48. The van der Waals surface area contributed by atoms with Gasteiger partial charge in [-0.2, -0.15) is 0 Å². The van der Waals surface area contributed by atoms with E-state index in [9.17, 15) is 9.59 Å². The van der Waals surface area contributed by atoms with E-state index in [1.807, 2.05) is 41.8 Å². The van der Waals surface area contributed by atoms with Crippen molar-refractivity contribution in [3.63, 3.8) is 0 Å². The highest BCUT2D eigenvalue weighted by Crippen LogP contribution is 2.19. The molecule has 2 aromatic rings. The minimum atomic E-state index is -0.227. The summed E-state index contributed by atoms with van der Waals surface area (Å²) in [5.41, 5.74) is 1.83. The van der Waals surface area contributed by atoms with Gasteiger partial charge in [0, 0.05) is 42.5 Å². The fourth-order valence-electron chi connectivity index (χ4n) is 2.74. The van der Waals surface area contributed by atoms with E-state index in [-0.39, 0.29) is 18.4 Å². The van der Waals surface area contributed by atoms with Crippen LogP contribution in [0.3, 0.4) is 0 Å². The molecule has 1 aliphatic heterocycles. The van der Waals surface area contributed by atoms with Gasteiger partial charge in [0.15, 0.2) is 0 Å². The molecule has 0 unspecified atom stereocenters. The number of carbonyl (C=O) groups is 2. The van der Waals surface area contributed by atoms with E-state index in [0.717, 1.165) is 36.9 Å². The van der Waals surface area contributed by atoms with Crippen LogP contribution in [0.1, 0.15) is 4.88 Å². The molecule has 7 heteroatoms. The lowest BCUT2D eigenvalue weighted by Gasteiger charge is -2.28. The number of likely N-dealkylation sites (N-methyl/N-ethyl adjacent to an activating group) is 1. The van der Waals surface area contributed by atoms with E-state index in [2.05, 4.69) is 10.2 Å². The lowest BCUT2D eigenvalue weighted by atomic mass is 10.2. The second-order valence-electron chi connectivity index (χ2n) is 6.24. The van der Waals surface area contributed by atoms with Gasteiger partial charge in [0.25, 0.3) is 0 Å². The summed E-state index contributed by atoms with van der Waals surface area (Å²) in [6.45, 7) is 3.22. The van der Waals surface area contributed by atoms with Crippen LogP contribution >= 0.6 is 11.3 Å². The number of anilines is 2. The van der Waals surface area contributed by atoms with Gasteiger partial charge in [-0.1, -0.05) is 6.07 Å². The molecule has 0 saturated carbocycles. The van der Waals surface area contributed by atoms with E-state index in [0.29, 0.717) is 5.69 Å². The van der Waals surface area contributed by atoms with Gasteiger partial charge in [0.2, 0.25) is 11.8 Å². The smallest absolute Gasteiger partial charge is 0.246 e. The zero-order chi connectivity index (χ0) is 19.1. The average Bonchev–Trinajstić information content (AvgIpc) is 3.21. The molecule has 0 aliphatic carbocycles. The van der Waals surface area contributed by atoms with Gasteiger partial charge in [-0.05, 0) is 41.8 Å². The van der Waals surface area contributed by atoms with Crippen LogP contribution < -0.4 is 10.2 Å². The molecule has 0 bridgehead atoms. The topological polar surface area (TPSA) is 61.9 Å². The summed E-state index contributed by atoms with van der Waals surface area (Å²) >= 11 is 1.56. The minimum Gasteiger partial charge on any atom is -0.378 e. The van der Waals surface area contributed by atoms with Crippen molar-refractivity contribution in [1.82, 2.24) is 4.90 Å². The molecule has 1 fully saturated rings. The van der Waals surface area contributed by atoms with Crippen LogP contribution in [0, 0.1) is 0 Å². The van der Waals surface area contributed by atoms with Crippen molar-refractivity contribution in [1.29, 1.82) is 0 Å². The van der Waals surface area contributed by atoms with Crippen LogP contribution in [-0.2, 0) is 14.3 Å². The molecule has 0 atom stereocenters. The third-order valence-corrected chi connectivity index (χ3v) is 5.06. The first-order chi connectivity index (χ1) is 13.1. The molecule has 1 N–H and O–H groups in total. The quantitative estimate of drug-likeness (QED) is 0.777. The lowest BCUT2D eigenvalue weighted by Crippen LogP contribution is -2.36. The van der Waals surface area contributed by atoms with Crippen molar-refractivity contribution < 1.29 is 14.3 Å². The first-order valence-corrected chi connectivity index (χ1v) is 9.69. The summed E-state index contributed by atoms with van der Waals surface area (Å²) in [6, 6.07) is 11.6. The number of nitrogens with one attached hydrogen (secondary N) is 1. The van der Waals surface area contributed by atoms with Crippen LogP contribution in [0.4, 0.5) is 11.4 Å². The third kappa shape index (κ3) is 5.67. The number of carbonyl (C=O) groups excluding carboxylic acids is 2. The summed E-state index contributed by atoms with van der Waals surface area (Å²) in [5.74, 6) is -0.435. The molecule has 0 spiro atoms. The Morgan fingerprint density at radius 2 is 1.96 bits per heavy atom. The molecule has 0 radical (unpaired) electrons.